The summed E-state index contributed by atoms with van der Waals surface area (Å²) < 4.78 is 0. The van der Waals surface area contributed by atoms with Crippen molar-refractivity contribution in [2.75, 3.05) is 0 Å². The lowest BCUT2D eigenvalue weighted by Crippen LogP contribution is -2.40. The van der Waals surface area contributed by atoms with Crippen LogP contribution in [0.3, 0.4) is 0 Å². The zero-order valence-corrected chi connectivity index (χ0v) is 27.1. The van der Waals surface area contributed by atoms with Crippen molar-refractivity contribution in [2.45, 2.75) is 110 Å². The molecule has 0 aliphatic heterocycles. The number of rotatable bonds is 6. The van der Waals surface area contributed by atoms with Crippen LogP contribution in [-0.4, -0.2) is 17.4 Å². The van der Waals surface area contributed by atoms with Crippen molar-refractivity contribution in [1.82, 2.24) is 0 Å². The number of fused-ring (bicyclic) bond motifs is 3. The van der Waals surface area contributed by atoms with E-state index in [-0.39, 0.29) is 10.8 Å². The van der Waals surface area contributed by atoms with E-state index >= 15 is 0 Å². The summed E-state index contributed by atoms with van der Waals surface area (Å²) in [4.78, 5) is 4.91. The smallest absolute Gasteiger partial charge is 0.128 e. The molecule has 6 rings (SSSR count). The van der Waals surface area contributed by atoms with Gasteiger partial charge in [-0.1, -0.05) is 120 Å². The van der Waals surface area contributed by atoms with E-state index in [0.717, 1.165) is 48.3 Å². The molecule has 0 spiro atoms. The SMILES string of the molecule is CC(C)(C)c1cc(C#CCC[C@](C)(C2CCCC2)C2[C@@H]3C=CC=CC3[C@@H]3C=CC=C[C@@H]23)cc(C=NC2CCCCC2)c1O. The fourth-order valence-electron chi connectivity index (χ4n) is 9.45. The minimum atomic E-state index is -0.171. The maximum Gasteiger partial charge on any atom is 0.128 e. The third-order valence-corrected chi connectivity index (χ3v) is 11.7. The number of hydrogen-bond acceptors (Lipinski definition) is 2. The third-order valence-electron chi connectivity index (χ3n) is 11.7. The average Bonchev–Trinajstić information content (AvgIpc) is 3.67. The number of aliphatic imine (C=N–C) groups is 1. The van der Waals surface area contributed by atoms with Gasteiger partial charge in [-0.3, -0.25) is 4.99 Å². The molecular weight excluding hydrogens is 522 g/mol. The van der Waals surface area contributed by atoms with Gasteiger partial charge in [-0.2, -0.15) is 0 Å². The van der Waals surface area contributed by atoms with Gasteiger partial charge < -0.3 is 5.11 Å². The average molecular weight is 576 g/mol. The number of nitrogens with zero attached hydrogens (tertiary/aromatic N) is 1. The molecule has 0 radical (unpaired) electrons. The van der Waals surface area contributed by atoms with Gasteiger partial charge >= 0.3 is 0 Å². The first-order chi connectivity index (χ1) is 20.8. The zero-order valence-electron chi connectivity index (χ0n) is 27.1. The van der Waals surface area contributed by atoms with E-state index in [9.17, 15) is 5.11 Å². The molecule has 2 heteroatoms. The molecule has 1 N–H and O–H groups in total. The van der Waals surface area contributed by atoms with Gasteiger partial charge in [0.2, 0.25) is 0 Å². The molecule has 2 unspecified atom stereocenters. The van der Waals surface area contributed by atoms with Crippen LogP contribution in [-0.2, 0) is 5.41 Å². The lowest BCUT2D eigenvalue weighted by molar-refractivity contribution is 0.0465. The van der Waals surface area contributed by atoms with Gasteiger partial charge in [-0.25, -0.2) is 0 Å². The van der Waals surface area contributed by atoms with Gasteiger partial charge in [-0.05, 0) is 90.6 Å². The standard InChI is InChI=1S/C41H53NO/c1-40(2,3)37-27-29(26-30(39(37)43)28-42-32-19-6-5-7-20-32)16-14-15-25-41(4,31-17-8-9-18-31)38-35-23-12-10-21-33(35)34-22-11-13-24-36(34)38/h10-13,21-24,26-28,31-36,38,43H,5-9,15,17-20,25H2,1-4H3/t33-,34?,35+,36+,38?,41+/m0/s1. The molecule has 2 nitrogen and oxygen atoms in total. The highest BCUT2D eigenvalue weighted by molar-refractivity contribution is 5.85. The molecule has 43 heavy (non-hydrogen) atoms. The molecule has 1 aromatic carbocycles. The Morgan fingerprint density at radius 2 is 1.37 bits per heavy atom. The van der Waals surface area contributed by atoms with Crippen LogP contribution in [0.4, 0.5) is 0 Å². The Kier molecular flexibility index (Phi) is 8.91. The topological polar surface area (TPSA) is 32.6 Å². The van der Waals surface area contributed by atoms with E-state index in [2.05, 4.69) is 100 Å². The molecule has 0 saturated heterocycles. The highest BCUT2D eigenvalue weighted by Gasteiger charge is 2.56. The second-order valence-corrected chi connectivity index (χ2v) is 15.4. The molecule has 5 aliphatic carbocycles. The van der Waals surface area contributed by atoms with E-state index in [1.165, 1.54) is 44.9 Å². The van der Waals surface area contributed by atoms with Gasteiger partial charge in [0.1, 0.15) is 5.75 Å². The summed E-state index contributed by atoms with van der Waals surface area (Å²) in [6.45, 7) is 9.13. The molecule has 228 valence electrons. The summed E-state index contributed by atoms with van der Waals surface area (Å²) in [7, 11) is 0. The number of aromatic hydroxyl groups is 1. The first kappa shape index (κ1) is 30.2. The quantitative estimate of drug-likeness (QED) is 0.266. The van der Waals surface area contributed by atoms with Gasteiger partial charge in [0, 0.05) is 35.4 Å². The minimum Gasteiger partial charge on any atom is -0.507 e. The molecule has 6 atom stereocenters. The summed E-state index contributed by atoms with van der Waals surface area (Å²) in [5, 5.41) is 11.2. The molecular formula is C41H53NO. The van der Waals surface area contributed by atoms with Crippen molar-refractivity contribution < 1.29 is 5.11 Å². The van der Waals surface area contributed by atoms with Crippen molar-refractivity contribution in [3.63, 3.8) is 0 Å². The lowest BCUT2D eigenvalue weighted by Gasteiger charge is -2.46. The number of allylic oxidation sites excluding steroid dienone is 8. The van der Waals surface area contributed by atoms with Crippen LogP contribution in [0.1, 0.15) is 115 Å². The Hall–Kier alpha value is -2.79. The van der Waals surface area contributed by atoms with Crippen molar-refractivity contribution in [1.29, 1.82) is 0 Å². The van der Waals surface area contributed by atoms with E-state index < -0.39 is 0 Å². The Morgan fingerprint density at radius 3 is 1.98 bits per heavy atom. The Bertz CT molecular complexity index is 1330. The summed E-state index contributed by atoms with van der Waals surface area (Å²) in [6, 6.07) is 4.55. The molecule has 5 aliphatic rings. The maximum atomic E-state index is 11.2. The first-order valence-corrected chi connectivity index (χ1v) is 17.4. The summed E-state index contributed by atoms with van der Waals surface area (Å²) >= 11 is 0. The van der Waals surface area contributed by atoms with Gasteiger partial charge in [0.25, 0.3) is 0 Å². The fraction of sp³-hybridized carbons (Fsp3) is 0.585. The van der Waals surface area contributed by atoms with Crippen LogP contribution in [0.15, 0.2) is 65.7 Å². The van der Waals surface area contributed by atoms with Crippen LogP contribution in [0.2, 0.25) is 0 Å². The minimum absolute atomic E-state index is 0.171. The van der Waals surface area contributed by atoms with Gasteiger partial charge in [0.15, 0.2) is 0 Å². The van der Waals surface area contributed by atoms with E-state index in [4.69, 9.17) is 4.99 Å². The predicted molar refractivity (Wildman–Crippen MR) is 181 cm³/mol. The van der Waals surface area contributed by atoms with Crippen LogP contribution in [0.5, 0.6) is 5.75 Å². The van der Waals surface area contributed by atoms with Crippen molar-refractivity contribution >= 4 is 6.21 Å². The molecule has 3 fully saturated rings. The summed E-state index contributed by atoms with van der Waals surface area (Å²) in [5.74, 6) is 11.5. The first-order valence-electron chi connectivity index (χ1n) is 17.4. The second kappa shape index (κ2) is 12.7. The van der Waals surface area contributed by atoms with E-state index in [1.807, 2.05) is 6.21 Å². The number of phenolic OH excluding ortho intramolecular Hbond substituents is 1. The maximum absolute atomic E-state index is 11.2. The summed E-state index contributed by atoms with van der Waals surface area (Å²) in [6.07, 6.45) is 34.9. The number of benzene rings is 1. The monoisotopic (exact) mass is 575 g/mol. The zero-order chi connectivity index (χ0) is 30.0. The van der Waals surface area contributed by atoms with Gasteiger partial charge in [-0.15, -0.1) is 0 Å². The molecule has 0 bridgehead atoms. The molecule has 0 amide bonds. The van der Waals surface area contributed by atoms with Crippen LogP contribution >= 0.6 is 0 Å². The normalized spacial score (nSPS) is 30.3. The fourth-order valence-corrected chi connectivity index (χ4v) is 9.45. The molecule has 3 saturated carbocycles. The van der Waals surface area contributed by atoms with Gasteiger partial charge in [0.05, 0.1) is 0 Å². The predicted octanol–water partition coefficient (Wildman–Crippen LogP) is 10.1. The molecule has 1 aromatic rings. The van der Waals surface area contributed by atoms with Crippen molar-refractivity contribution in [3.05, 3.63) is 77.4 Å². The largest absolute Gasteiger partial charge is 0.507 e. The van der Waals surface area contributed by atoms with Crippen LogP contribution < -0.4 is 0 Å². The third kappa shape index (κ3) is 6.25. The van der Waals surface area contributed by atoms with Crippen LogP contribution in [0.25, 0.3) is 0 Å². The highest BCUT2D eigenvalue weighted by atomic mass is 16.3. The van der Waals surface area contributed by atoms with E-state index in [0.29, 0.717) is 41.4 Å². The Balaban J connectivity index is 1.26. The van der Waals surface area contributed by atoms with Crippen molar-refractivity contribution in [2.24, 2.45) is 45.9 Å². The lowest BCUT2D eigenvalue weighted by atomic mass is 9.58. The number of hydrogen-bond donors (Lipinski definition) is 1. The Labute approximate surface area is 261 Å². The van der Waals surface area contributed by atoms with E-state index in [1.54, 1.807) is 0 Å². The van der Waals surface area contributed by atoms with Crippen LogP contribution in [0, 0.1) is 52.8 Å². The summed E-state index contributed by atoms with van der Waals surface area (Å²) in [5.41, 5.74) is 2.86. The second-order valence-electron chi connectivity index (χ2n) is 15.4. The van der Waals surface area contributed by atoms with Crippen molar-refractivity contribution in [3.8, 4) is 17.6 Å². The molecule has 0 heterocycles. The number of phenols is 1. The Morgan fingerprint density at radius 1 is 0.791 bits per heavy atom. The highest BCUT2D eigenvalue weighted by Crippen LogP contribution is 2.62. The molecule has 0 aromatic heterocycles.